The van der Waals surface area contributed by atoms with E-state index in [1.54, 1.807) is 28.0 Å². The Hall–Kier alpha value is -4.13. The molecule has 0 radical (unpaired) electrons. The van der Waals surface area contributed by atoms with Crippen molar-refractivity contribution in [2.75, 3.05) is 11.4 Å². The predicted molar refractivity (Wildman–Crippen MR) is 142 cm³/mol. The molecule has 7 nitrogen and oxygen atoms in total. The Balaban J connectivity index is 1.26. The zero-order valence-electron chi connectivity index (χ0n) is 21.1. The molecule has 2 aliphatic rings. The lowest BCUT2D eigenvalue weighted by molar-refractivity contribution is -0.122. The number of rotatable bonds is 7. The lowest BCUT2D eigenvalue weighted by atomic mass is 10.1. The van der Waals surface area contributed by atoms with Crippen molar-refractivity contribution >= 4 is 23.4 Å². The summed E-state index contributed by atoms with van der Waals surface area (Å²) in [6.07, 6.45) is 1.63. The van der Waals surface area contributed by atoms with Crippen LogP contribution >= 0.6 is 0 Å². The van der Waals surface area contributed by atoms with Crippen molar-refractivity contribution in [3.05, 3.63) is 95.1 Å². The Morgan fingerprint density at radius 3 is 2.41 bits per heavy atom. The predicted octanol–water partition coefficient (Wildman–Crippen LogP) is 4.56. The summed E-state index contributed by atoms with van der Waals surface area (Å²) in [4.78, 5) is 42.7. The second kappa shape index (κ2) is 10.5. The summed E-state index contributed by atoms with van der Waals surface area (Å²) < 4.78 is 5.66. The van der Waals surface area contributed by atoms with E-state index in [9.17, 15) is 14.4 Å². The molecule has 190 valence electrons. The molecule has 0 unspecified atom stereocenters. The molecule has 1 N–H and O–H groups in total. The van der Waals surface area contributed by atoms with Gasteiger partial charge in [0, 0.05) is 18.7 Å². The van der Waals surface area contributed by atoms with Crippen molar-refractivity contribution in [1.82, 2.24) is 10.2 Å². The molecule has 0 spiro atoms. The van der Waals surface area contributed by atoms with Gasteiger partial charge in [-0.1, -0.05) is 36.4 Å². The molecule has 7 heteroatoms. The number of amides is 3. The first-order valence-corrected chi connectivity index (χ1v) is 12.7. The maximum absolute atomic E-state index is 13.5. The standard InChI is InChI=1S/C30H31N3O4/c1-20(2)37-24-15-11-21(12-16-24)18-31-28(34)23-13-9-22(10-14-23)19-33-26-7-4-3-6-25(26)29(35)32-17-5-8-27(32)30(33)36/h3-4,6-7,9-16,20,27H,5,8,17-19H2,1-2H3,(H,31,34)/t27-/m1/s1. The van der Waals surface area contributed by atoms with Crippen molar-refractivity contribution in [2.24, 2.45) is 0 Å². The lowest BCUT2D eigenvalue weighted by Gasteiger charge is -2.26. The van der Waals surface area contributed by atoms with Crippen LogP contribution in [0.25, 0.3) is 0 Å². The van der Waals surface area contributed by atoms with Crippen LogP contribution in [0.1, 0.15) is 58.5 Å². The van der Waals surface area contributed by atoms with Crippen molar-refractivity contribution < 1.29 is 19.1 Å². The Labute approximate surface area is 217 Å². The number of benzene rings is 3. The SMILES string of the molecule is CC(C)Oc1ccc(CNC(=O)c2ccc(CN3C(=O)[C@H]4CCCN4C(=O)c4ccccc43)cc2)cc1. The largest absolute Gasteiger partial charge is 0.491 e. The van der Waals surface area contributed by atoms with Crippen LogP contribution in [0.5, 0.6) is 5.75 Å². The topological polar surface area (TPSA) is 79.0 Å². The van der Waals surface area contributed by atoms with Crippen LogP contribution in [-0.4, -0.2) is 41.3 Å². The summed E-state index contributed by atoms with van der Waals surface area (Å²) in [5.41, 5.74) is 3.61. The number of carbonyl (C=O) groups is 3. The third kappa shape index (κ3) is 5.21. The first-order valence-electron chi connectivity index (χ1n) is 12.7. The second-order valence-corrected chi connectivity index (χ2v) is 9.79. The fourth-order valence-corrected chi connectivity index (χ4v) is 4.96. The molecule has 0 aliphatic carbocycles. The van der Waals surface area contributed by atoms with Crippen molar-refractivity contribution in [1.29, 1.82) is 0 Å². The Morgan fingerprint density at radius 1 is 0.973 bits per heavy atom. The van der Waals surface area contributed by atoms with Crippen molar-refractivity contribution in [3.8, 4) is 5.75 Å². The van der Waals surface area contributed by atoms with Crippen LogP contribution in [0, 0.1) is 0 Å². The quantitative estimate of drug-likeness (QED) is 0.519. The average molecular weight is 498 g/mol. The molecule has 2 aliphatic heterocycles. The smallest absolute Gasteiger partial charge is 0.256 e. The minimum atomic E-state index is -0.420. The fourth-order valence-electron chi connectivity index (χ4n) is 4.96. The molecular weight excluding hydrogens is 466 g/mol. The van der Waals surface area contributed by atoms with E-state index in [2.05, 4.69) is 5.32 Å². The number of nitrogens with zero attached hydrogens (tertiary/aromatic N) is 2. The molecule has 1 atom stereocenters. The molecule has 0 saturated carbocycles. The Kier molecular flexibility index (Phi) is 6.95. The fraction of sp³-hybridized carbons (Fsp3) is 0.300. The summed E-state index contributed by atoms with van der Waals surface area (Å²) in [6.45, 7) is 5.31. The van der Waals surface area contributed by atoms with E-state index >= 15 is 0 Å². The molecular formula is C30H31N3O4. The van der Waals surface area contributed by atoms with Crippen LogP contribution in [0.15, 0.2) is 72.8 Å². The minimum Gasteiger partial charge on any atom is -0.491 e. The normalized spacial score (nSPS) is 16.9. The number of hydrogen-bond donors (Lipinski definition) is 1. The van der Waals surface area contributed by atoms with E-state index in [1.807, 2.05) is 68.4 Å². The van der Waals surface area contributed by atoms with Gasteiger partial charge in [0.15, 0.2) is 0 Å². The molecule has 0 bridgehead atoms. The molecule has 3 aromatic carbocycles. The molecule has 0 aromatic heterocycles. The van der Waals surface area contributed by atoms with Gasteiger partial charge in [-0.25, -0.2) is 0 Å². The molecule has 2 heterocycles. The molecule has 1 fully saturated rings. The average Bonchev–Trinajstić information content (AvgIpc) is 3.38. The van der Waals surface area contributed by atoms with Crippen molar-refractivity contribution in [3.63, 3.8) is 0 Å². The number of anilines is 1. The van der Waals surface area contributed by atoms with Gasteiger partial charge in [0.25, 0.3) is 11.8 Å². The number of para-hydroxylation sites is 1. The summed E-state index contributed by atoms with van der Waals surface area (Å²) in [5.74, 6) is 0.499. The summed E-state index contributed by atoms with van der Waals surface area (Å²) >= 11 is 0. The number of ether oxygens (including phenoxy) is 1. The van der Waals surface area contributed by atoms with Gasteiger partial charge in [-0.15, -0.1) is 0 Å². The highest BCUT2D eigenvalue weighted by molar-refractivity contribution is 6.11. The molecule has 37 heavy (non-hydrogen) atoms. The van der Waals surface area contributed by atoms with E-state index in [4.69, 9.17) is 4.74 Å². The highest BCUT2D eigenvalue weighted by Crippen LogP contribution is 2.33. The Bertz CT molecular complexity index is 1300. The molecule has 3 aromatic rings. The zero-order valence-corrected chi connectivity index (χ0v) is 21.1. The maximum atomic E-state index is 13.5. The highest BCUT2D eigenvalue weighted by atomic mass is 16.5. The maximum Gasteiger partial charge on any atom is 0.256 e. The van der Waals surface area contributed by atoms with E-state index in [0.29, 0.717) is 42.9 Å². The third-order valence-electron chi connectivity index (χ3n) is 6.80. The third-order valence-corrected chi connectivity index (χ3v) is 6.80. The van der Waals surface area contributed by atoms with Gasteiger partial charge in [0.2, 0.25) is 5.91 Å². The second-order valence-electron chi connectivity index (χ2n) is 9.79. The Morgan fingerprint density at radius 2 is 1.68 bits per heavy atom. The van der Waals surface area contributed by atoms with Crippen LogP contribution in [0.2, 0.25) is 0 Å². The zero-order chi connectivity index (χ0) is 25.9. The molecule has 1 saturated heterocycles. The van der Waals surface area contributed by atoms with Crippen molar-refractivity contribution in [2.45, 2.75) is 51.9 Å². The number of carbonyl (C=O) groups excluding carboxylic acids is 3. The first-order chi connectivity index (χ1) is 17.9. The van der Waals surface area contributed by atoms with Gasteiger partial charge in [-0.3, -0.25) is 14.4 Å². The van der Waals surface area contributed by atoms with Crippen LogP contribution in [0.4, 0.5) is 5.69 Å². The van der Waals surface area contributed by atoms with Crippen LogP contribution < -0.4 is 15.0 Å². The van der Waals surface area contributed by atoms with Gasteiger partial charge >= 0.3 is 0 Å². The lowest BCUT2D eigenvalue weighted by Crippen LogP contribution is -2.44. The van der Waals surface area contributed by atoms with Crippen LogP contribution in [-0.2, 0) is 17.9 Å². The monoisotopic (exact) mass is 497 g/mol. The summed E-state index contributed by atoms with van der Waals surface area (Å²) in [6, 6.07) is 21.8. The van der Waals surface area contributed by atoms with Crippen LogP contribution in [0.3, 0.4) is 0 Å². The van der Waals surface area contributed by atoms with E-state index in [-0.39, 0.29) is 23.8 Å². The number of hydrogen-bond acceptors (Lipinski definition) is 4. The summed E-state index contributed by atoms with van der Waals surface area (Å²) in [5, 5.41) is 2.95. The van der Waals surface area contributed by atoms with Gasteiger partial charge < -0.3 is 19.9 Å². The number of fused-ring (bicyclic) bond motifs is 2. The van der Waals surface area contributed by atoms with E-state index in [0.717, 1.165) is 23.3 Å². The molecule has 5 rings (SSSR count). The van der Waals surface area contributed by atoms with Gasteiger partial charge in [0.1, 0.15) is 11.8 Å². The van der Waals surface area contributed by atoms with Gasteiger partial charge in [-0.05, 0) is 74.2 Å². The highest BCUT2D eigenvalue weighted by Gasteiger charge is 2.41. The minimum absolute atomic E-state index is 0.0533. The van der Waals surface area contributed by atoms with E-state index in [1.165, 1.54) is 0 Å². The summed E-state index contributed by atoms with van der Waals surface area (Å²) in [7, 11) is 0. The first kappa shape index (κ1) is 24.6. The number of nitrogens with one attached hydrogen (secondary N) is 1. The van der Waals surface area contributed by atoms with Gasteiger partial charge in [-0.2, -0.15) is 0 Å². The molecule has 3 amide bonds. The van der Waals surface area contributed by atoms with Gasteiger partial charge in [0.05, 0.1) is 23.9 Å². The van der Waals surface area contributed by atoms with E-state index < -0.39 is 6.04 Å².